The second-order valence-corrected chi connectivity index (χ2v) is 6.90. The summed E-state index contributed by atoms with van der Waals surface area (Å²) in [7, 11) is 0. The largest absolute Gasteiger partial charge is 0.493 e. The topological polar surface area (TPSA) is 92.5 Å². The molecule has 30 heavy (non-hydrogen) atoms. The molecule has 8 heteroatoms. The van der Waals surface area contributed by atoms with E-state index in [2.05, 4.69) is 10.3 Å². The quantitative estimate of drug-likeness (QED) is 0.458. The van der Waals surface area contributed by atoms with E-state index in [0.29, 0.717) is 28.8 Å². The Morgan fingerprint density at radius 1 is 1.33 bits per heavy atom. The van der Waals surface area contributed by atoms with Crippen molar-refractivity contribution in [2.45, 2.75) is 33.1 Å². The van der Waals surface area contributed by atoms with Crippen molar-refractivity contribution >= 4 is 22.9 Å². The Labute approximate surface area is 172 Å². The number of nitrogens with zero attached hydrogens (tertiary/aromatic N) is 3. The number of ether oxygens (including phenoxy) is 3. The second-order valence-electron chi connectivity index (χ2n) is 6.90. The number of benzene rings is 2. The van der Waals surface area contributed by atoms with Gasteiger partial charge in [0.2, 0.25) is 0 Å². The molecule has 0 N–H and O–H groups in total. The summed E-state index contributed by atoms with van der Waals surface area (Å²) < 4.78 is 17.6. The highest BCUT2D eigenvalue weighted by Gasteiger charge is 2.21. The standard InChI is InChI=1S/C22H21N3O5/c1-3-28-19-12-16-10-14(2)30-20(16)11-15(19)8-9-21(26)29-13-25-22(27)17-6-4-5-7-18(17)23-24-25/h4-9,11-12,14H,3,10,13H2,1-2H3/b9-8+/t14-/m0/s1. The van der Waals surface area contributed by atoms with Crippen LogP contribution in [0.5, 0.6) is 11.5 Å². The number of esters is 1. The summed E-state index contributed by atoms with van der Waals surface area (Å²) in [6, 6.07) is 10.6. The van der Waals surface area contributed by atoms with Crippen LogP contribution >= 0.6 is 0 Å². The number of carbonyl (C=O) groups is 1. The smallest absolute Gasteiger partial charge is 0.332 e. The summed E-state index contributed by atoms with van der Waals surface area (Å²) >= 11 is 0. The van der Waals surface area contributed by atoms with Crippen LogP contribution < -0.4 is 15.0 Å². The molecule has 0 aliphatic carbocycles. The van der Waals surface area contributed by atoms with Crippen molar-refractivity contribution in [2.75, 3.05) is 6.61 Å². The maximum absolute atomic E-state index is 12.4. The molecular weight excluding hydrogens is 386 g/mol. The van der Waals surface area contributed by atoms with Gasteiger partial charge in [-0.2, -0.15) is 4.68 Å². The van der Waals surface area contributed by atoms with Gasteiger partial charge in [0.05, 0.1) is 12.0 Å². The van der Waals surface area contributed by atoms with Crippen molar-refractivity contribution in [3.05, 3.63) is 64.0 Å². The van der Waals surface area contributed by atoms with Gasteiger partial charge in [0, 0.05) is 23.6 Å². The lowest BCUT2D eigenvalue weighted by atomic mass is 10.1. The first-order valence-corrected chi connectivity index (χ1v) is 9.69. The first kappa shape index (κ1) is 19.6. The van der Waals surface area contributed by atoms with Crippen molar-refractivity contribution in [1.29, 1.82) is 0 Å². The van der Waals surface area contributed by atoms with Gasteiger partial charge in [-0.25, -0.2) is 4.79 Å². The molecular formula is C22H21N3O5. The normalized spacial score (nSPS) is 15.2. The van der Waals surface area contributed by atoms with Crippen LogP contribution in [-0.2, 0) is 22.7 Å². The lowest BCUT2D eigenvalue weighted by Gasteiger charge is -2.10. The Balaban J connectivity index is 1.47. The molecule has 0 unspecified atom stereocenters. The molecule has 3 aromatic rings. The third-order valence-corrected chi connectivity index (χ3v) is 4.69. The summed E-state index contributed by atoms with van der Waals surface area (Å²) in [6.07, 6.45) is 3.82. The van der Waals surface area contributed by atoms with E-state index >= 15 is 0 Å². The van der Waals surface area contributed by atoms with E-state index in [1.54, 1.807) is 30.3 Å². The Morgan fingerprint density at radius 3 is 3.00 bits per heavy atom. The Morgan fingerprint density at radius 2 is 2.17 bits per heavy atom. The molecule has 154 valence electrons. The van der Waals surface area contributed by atoms with Gasteiger partial charge in [-0.3, -0.25) is 4.79 Å². The lowest BCUT2D eigenvalue weighted by Crippen LogP contribution is -2.26. The van der Waals surface area contributed by atoms with Crippen molar-refractivity contribution in [1.82, 2.24) is 15.0 Å². The first-order valence-electron chi connectivity index (χ1n) is 9.69. The average Bonchev–Trinajstić information content (AvgIpc) is 3.10. The van der Waals surface area contributed by atoms with Crippen molar-refractivity contribution in [3.63, 3.8) is 0 Å². The highest BCUT2D eigenvalue weighted by atomic mass is 16.5. The number of fused-ring (bicyclic) bond motifs is 2. The summed E-state index contributed by atoms with van der Waals surface area (Å²) in [5.74, 6) is 0.848. The van der Waals surface area contributed by atoms with Gasteiger partial charge in [-0.05, 0) is 44.2 Å². The highest BCUT2D eigenvalue weighted by Crippen LogP contribution is 2.35. The van der Waals surface area contributed by atoms with E-state index in [-0.39, 0.29) is 18.4 Å². The summed E-state index contributed by atoms with van der Waals surface area (Å²) in [5.41, 5.74) is 1.91. The van der Waals surface area contributed by atoms with E-state index in [1.807, 2.05) is 26.0 Å². The molecule has 0 saturated heterocycles. The van der Waals surface area contributed by atoms with Crippen LogP contribution in [0.2, 0.25) is 0 Å². The number of carbonyl (C=O) groups excluding carboxylic acids is 1. The SMILES string of the molecule is CCOc1cc2c(cc1/C=C/C(=O)OCn1nnc3ccccc3c1=O)O[C@@H](C)C2. The van der Waals surface area contributed by atoms with Crippen molar-refractivity contribution < 1.29 is 19.0 Å². The highest BCUT2D eigenvalue weighted by molar-refractivity contribution is 5.87. The Hall–Kier alpha value is -3.68. The molecule has 0 amide bonds. The first-order chi connectivity index (χ1) is 14.5. The van der Waals surface area contributed by atoms with Gasteiger partial charge in [0.25, 0.3) is 5.56 Å². The van der Waals surface area contributed by atoms with Gasteiger partial charge < -0.3 is 14.2 Å². The van der Waals surface area contributed by atoms with E-state index in [4.69, 9.17) is 14.2 Å². The fraction of sp³-hybridized carbons (Fsp3) is 0.273. The van der Waals surface area contributed by atoms with Gasteiger partial charge in [0.1, 0.15) is 23.1 Å². The molecule has 0 spiro atoms. The molecule has 0 bridgehead atoms. The molecule has 4 rings (SSSR count). The minimum absolute atomic E-state index is 0.111. The van der Waals surface area contributed by atoms with Gasteiger partial charge in [-0.15, -0.1) is 5.10 Å². The van der Waals surface area contributed by atoms with Crippen molar-refractivity contribution in [3.8, 4) is 11.5 Å². The molecule has 0 radical (unpaired) electrons. The predicted octanol–water partition coefficient (Wildman–Crippen LogP) is 2.73. The summed E-state index contributed by atoms with van der Waals surface area (Å²) in [6.45, 7) is 4.08. The predicted molar refractivity (Wildman–Crippen MR) is 110 cm³/mol. The molecule has 8 nitrogen and oxygen atoms in total. The van der Waals surface area contributed by atoms with Gasteiger partial charge in [0.15, 0.2) is 6.73 Å². The van der Waals surface area contributed by atoms with E-state index < -0.39 is 5.97 Å². The molecule has 2 aromatic carbocycles. The third kappa shape index (κ3) is 4.03. The maximum Gasteiger partial charge on any atom is 0.332 e. The minimum Gasteiger partial charge on any atom is -0.493 e. The van der Waals surface area contributed by atoms with E-state index in [1.165, 1.54) is 6.08 Å². The summed E-state index contributed by atoms with van der Waals surface area (Å²) in [4.78, 5) is 24.6. The monoisotopic (exact) mass is 407 g/mol. The number of hydrogen-bond acceptors (Lipinski definition) is 7. The molecule has 1 aliphatic rings. The van der Waals surface area contributed by atoms with Crippen molar-refractivity contribution in [2.24, 2.45) is 0 Å². The van der Waals surface area contributed by atoms with Crippen LogP contribution in [-0.4, -0.2) is 33.7 Å². The van der Waals surface area contributed by atoms with E-state index in [9.17, 15) is 9.59 Å². The third-order valence-electron chi connectivity index (χ3n) is 4.69. The average molecular weight is 407 g/mol. The van der Waals surface area contributed by atoms with Crippen LogP contribution in [0.1, 0.15) is 25.0 Å². The van der Waals surface area contributed by atoms with Crippen LogP contribution in [0, 0.1) is 0 Å². The molecule has 1 atom stereocenters. The fourth-order valence-corrected chi connectivity index (χ4v) is 3.30. The maximum atomic E-state index is 12.4. The zero-order valence-electron chi connectivity index (χ0n) is 16.7. The van der Waals surface area contributed by atoms with E-state index in [0.717, 1.165) is 22.4 Å². The van der Waals surface area contributed by atoms with Crippen LogP contribution in [0.25, 0.3) is 17.0 Å². The second kappa shape index (κ2) is 8.36. The Bertz CT molecular complexity index is 1190. The molecule has 0 saturated carbocycles. The number of rotatable bonds is 6. The number of aromatic nitrogens is 3. The fourth-order valence-electron chi connectivity index (χ4n) is 3.30. The van der Waals surface area contributed by atoms with Crippen LogP contribution in [0.15, 0.2) is 47.3 Å². The summed E-state index contributed by atoms with van der Waals surface area (Å²) in [5, 5.41) is 8.17. The lowest BCUT2D eigenvalue weighted by molar-refractivity contribution is -0.141. The van der Waals surface area contributed by atoms with Gasteiger partial charge in [-0.1, -0.05) is 17.3 Å². The van der Waals surface area contributed by atoms with Gasteiger partial charge >= 0.3 is 5.97 Å². The zero-order chi connectivity index (χ0) is 21.1. The molecule has 0 fully saturated rings. The zero-order valence-corrected chi connectivity index (χ0v) is 16.7. The molecule has 1 aromatic heterocycles. The minimum atomic E-state index is -0.617. The molecule has 2 heterocycles. The van der Waals surface area contributed by atoms with Crippen LogP contribution in [0.4, 0.5) is 0 Å². The Kier molecular flexibility index (Phi) is 5.47. The van der Waals surface area contributed by atoms with Crippen LogP contribution in [0.3, 0.4) is 0 Å². The number of hydrogen-bond donors (Lipinski definition) is 0. The molecule has 1 aliphatic heterocycles.